The van der Waals surface area contributed by atoms with Gasteiger partial charge in [-0.2, -0.15) is 0 Å². The molecule has 287 valence electrons. The quantitative estimate of drug-likeness (QED) is 0.0636. The van der Waals surface area contributed by atoms with Gasteiger partial charge in [-0.25, -0.2) is 9.97 Å². The third kappa shape index (κ3) is 7.88. The summed E-state index contributed by atoms with van der Waals surface area (Å²) in [6.07, 6.45) is 6.41. The summed E-state index contributed by atoms with van der Waals surface area (Å²) >= 11 is 0. The van der Waals surface area contributed by atoms with Crippen LogP contribution < -0.4 is 0 Å². The minimum Gasteiger partial charge on any atom is -0.512 e. The second-order valence-corrected chi connectivity index (χ2v) is 15.3. The number of fused-ring (bicyclic) bond motifs is 6. The van der Waals surface area contributed by atoms with Crippen LogP contribution in [0.5, 0.6) is 0 Å². The first kappa shape index (κ1) is 41.5. The fraction of sp³-hybridized carbons (Fsp3) is 0.333. The topological polar surface area (TPSA) is 89.1 Å². The van der Waals surface area contributed by atoms with Crippen LogP contribution in [0.15, 0.2) is 101 Å². The fourth-order valence-corrected chi connectivity index (χ4v) is 7.10. The van der Waals surface area contributed by atoms with Gasteiger partial charge in [0.15, 0.2) is 5.78 Å². The van der Waals surface area contributed by atoms with E-state index in [1.807, 2.05) is 65.8 Å². The van der Waals surface area contributed by atoms with E-state index < -0.39 is 0 Å². The monoisotopic (exact) mass is 911 g/mol. The van der Waals surface area contributed by atoms with Crippen molar-refractivity contribution in [3.05, 3.63) is 114 Å². The molecule has 0 unspecified atom stereocenters. The van der Waals surface area contributed by atoms with E-state index in [0.29, 0.717) is 11.6 Å². The maximum absolute atomic E-state index is 12.2. The van der Waals surface area contributed by atoms with Crippen LogP contribution >= 0.6 is 0 Å². The Kier molecular flexibility index (Phi) is 12.8. The van der Waals surface area contributed by atoms with E-state index in [0.717, 1.165) is 75.5 Å². The number of rotatable bonds is 10. The van der Waals surface area contributed by atoms with E-state index in [2.05, 4.69) is 81.4 Å². The van der Waals surface area contributed by atoms with E-state index in [1.54, 1.807) is 6.33 Å². The molecule has 0 amide bonds. The van der Waals surface area contributed by atoms with Crippen molar-refractivity contribution in [3.8, 4) is 22.5 Å². The third-order valence-electron chi connectivity index (χ3n) is 11.9. The Balaban J connectivity index is 0.000000276. The van der Waals surface area contributed by atoms with Crippen LogP contribution in [-0.2, 0) is 24.9 Å². The van der Waals surface area contributed by atoms with Crippen molar-refractivity contribution >= 4 is 49.5 Å². The Labute approximate surface area is 338 Å². The van der Waals surface area contributed by atoms with Gasteiger partial charge in [0.05, 0.1) is 16.8 Å². The molecule has 7 rings (SSSR count). The van der Waals surface area contributed by atoms with Crippen molar-refractivity contribution in [1.82, 2.24) is 15.0 Å². The molecule has 3 heterocycles. The van der Waals surface area contributed by atoms with Gasteiger partial charge in [0.1, 0.15) is 12.1 Å². The molecular formula is C48H52IrN3O3-. The molecule has 0 bridgehead atoms. The summed E-state index contributed by atoms with van der Waals surface area (Å²) < 4.78 is 6.44. The summed E-state index contributed by atoms with van der Waals surface area (Å²) in [5.41, 5.74) is 7.80. The molecule has 0 fully saturated rings. The molecule has 0 saturated heterocycles. The van der Waals surface area contributed by atoms with Crippen LogP contribution in [0.3, 0.4) is 0 Å². The molecule has 0 aliphatic rings. The Morgan fingerprint density at radius 1 is 0.836 bits per heavy atom. The first-order valence-corrected chi connectivity index (χ1v) is 19.3. The van der Waals surface area contributed by atoms with Gasteiger partial charge in [-0.3, -0.25) is 9.78 Å². The van der Waals surface area contributed by atoms with Gasteiger partial charge in [-0.05, 0) is 72.6 Å². The predicted molar refractivity (Wildman–Crippen MR) is 224 cm³/mol. The number of aryl methyl sites for hydroxylation is 1. The third-order valence-corrected chi connectivity index (χ3v) is 11.9. The zero-order chi connectivity index (χ0) is 38.8. The minimum atomic E-state index is -0.337. The summed E-state index contributed by atoms with van der Waals surface area (Å²) in [5.74, 6) is 0.667. The SMILES string of the molecule is CCC(C)(CC)C(=O)/C=C(\O)C(C)(CC)CC.Cc1ccccc1-c1ccc2c(n1)oc1c(-c3ncnc4c3ccc3cccc(C(C)C)c34)[c-]ccc12.[Ir]. The Morgan fingerprint density at radius 3 is 2.20 bits per heavy atom. The van der Waals surface area contributed by atoms with Crippen LogP contribution in [0.1, 0.15) is 98.1 Å². The van der Waals surface area contributed by atoms with Gasteiger partial charge in [0.2, 0.25) is 5.71 Å². The van der Waals surface area contributed by atoms with Gasteiger partial charge in [-0.15, -0.1) is 18.2 Å². The Morgan fingerprint density at radius 2 is 1.53 bits per heavy atom. The number of furan rings is 1. The number of hydrogen-bond donors (Lipinski definition) is 1. The van der Waals surface area contributed by atoms with Gasteiger partial charge in [0.25, 0.3) is 0 Å². The number of aliphatic hydroxyl groups excluding tert-OH is 1. The number of carbonyl (C=O) groups is 1. The molecule has 7 heteroatoms. The van der Waals surface area contributed by atoms with E-state index in [1.165, 1.54) is 28.0 Å². The van der Waals surface area contributed by atoms with Crippen LogP contribution in [0.4, 0.5) is 0 Å². The average molecular weight is 911 g/mol. The standard InChI is InChI=1S/C33H24N3O.C15H28O2.Ir/c1-19(2)22-11-6-9-21-14-15-26-30(34-18-35-31(26)29(21)22)27-13-7-12-24-25-16-17-28(36-33(25)37-32(24)27)23-10-5-4-8-20(23)3;1-7-14(5,8-2)12(16)11-13(17)15(6,9-3)10-4;/h4-12,14-19H,1-3H3;11,16H,7-10H2,1-6H3;/q-1;;/b;12-11-;. The number of aliphatic hydroxyl groups is 1. The minimum absolute atomic E-state index is 0. The number of pyridine rings is 1. The molecule has 7 aromatic rings. The first-order chi connectivity index (χ1) is 25.9. The molecular weight excluding hydrogens is 859 g/mol. The van der Waals surface area contributed by atoms with Crippen molar-refractivity contribution in [3.63, 3.8) is 0 Å². The van der Waals surface area contributed by atoms with Crippen molar-refractivity contribution in [2.45, 2.75) is 93.9 Å². The maximum atomic E-state index is 12.2. The van der Waals surface area contributed by atoms with E-state index >= 15 is 0 Å². The molecule has 0 aliphatic heterocycles. The number of aromatic nitrogens is 3. The number of benzene rings is 4. The summed E-state index contributed by atoms with van der Waals surface area (Å²) in [4.78, 5) is 26.6. The Hall–Kier alpha value is -4.71. The molecule has 55 heavy (non-hydrogen) atoms. The molecule has 0 aliphatic carbocycles. The van der Waals surface area contributed by atoms with Crippen molar-refractivity contribution in [1.29, 1.82) is 0 Å². The molecule has 0 spiro atoms. The second-order valence-electron chi connectivity index (χ2n) is 15.3. The molecule has 1 radical (unpaired) electrons. The second kappa shape index (κ2) is 17.0. The van der Waals surface area contributed by atoms with Gasteiger partial charge < -0.3 is 9.52 Å². The summed E-state index contributed by atoms with van der Waals surface area (Å²) in [7, 11) is 0. The zero-order valence-electron chi connectivity index (χ0n) is 33.5. The number of ketones is 1. The smallest absolute Gasteiger partial charge is 0.216 e. The molecule has 6 nitrogen and oxygen atoms in total. The molecule has 0 saturated carbocycles. The normalized spacial score (nSPS) is 12.3. The van der Waals surface area contributed by atoms with Gasteiger partial charge in [-0.1, -0.05) is 121 Å². The van der Waals surface area contributed by atoms with Crippen molar-refractivity contribution < 1.29 is 34.4 Å². The largest absolute Gasteiger partial charge is 0.512 e. The molecule has 3 aromatic heterocycles. The molecule has 0 atom stereocenters. The van der Waals surface area contributed by atoms with Crippen molar-refractivity contribution in [2.24, 2.45) is 10.8 Å². The zero-order valence-corrected chi connectivity index (χ0v) is 35.9. The number of hydrogen-bond acceptors (Lipinski definition) is 6. The molecule has 1 N–H and O–H groups in total. The summed E-state index contributed by atoms with van der Waals surface area (Å²) in [6.45, 7) is 18.6. The Bertz CT molecular complexity index is 2510. The number of nitrogens with zero attached hydrogens (tertiary/aromatic N) is 3. The van der Waals surface area contributed by atoms with Crippen LogP contribution in [-0.4, -0.2) is 25.8 Å². The van der Waals surface area contributed by atoms with E-state index in [4.69, 9.17) is 19.4 Å². The van der Waals surface area contributed by atoms with Crippen LogP contribution in [0.25, 0.3) is 66.3 Å². The maximum Gasteiger partial charge on any atom is 0.216 e. The van der Waals surface area contributed by atoms with Crippen LogP contribution in [0, 0.1) is 23.8 Å². The van der Waals surface area contributed by atoms with Gasteiger partial charge >= 0.3 is 0 Å². The summed E-state index contributed by atoms with van der Waals surface area (Å²) in [6, 6.07) is 30.5. The number of carbonyl (C=O) groups excluding carboxylic acids is 1. The predicted octanol–water partition coefficient (Wildman–Crippen LogP) is 13.3. The first-order valence-electron chi connectivity index (χ1n) is 19.3. The van der Waals surface area contributed by atoms with Gasteiger partial charge in [0, 0.05) is 59.0 Å². The van der Waals surface area contributed by atoms with E-state index in [-0.39, 0.29) is 42.5 Å². The van der Waals surface area contributed by atoms with Crippen molar-refractivity contribution in [2.75, 3.05) is 0 Å². The summed E-state index contributed by atoms with van der Waals surface area (Å²) in [5, 5.41) is 15.5. The molecule has 4 aromatic carbocycles. The van der Waals surface area contributed by atoms with E-state index in [9.17, 15) is 9.90 Å². The fourth-order valence-electron chi connectivity index (χ4n) is 7.10. The average Bonchev–Trinajstić information content (AvgIpc) is 3.58. The van der Waals surface area contributed by atoms with Crippen LogP contribution in [0.2, 0.25) is 0 Å². The number of allylic oxidation sites excluding steroid dienone is 2.